The van der Waals surface area contributed by atoms with Crippen LogP contribution in [0.4, 0.5) is 0 Å². The van der Waals surface area contributed by atoms with Crippen molar-refractivity contribution in [2.45, 2.75) is 26.2 Å². The first-order valence-corrected chi connectivity index (χ1v) is 5.27. The molecular weight excluding hydrogens is 200 g/mol. The number of nitrogens with one attached hydrogen (secondary N) is 1. The van der Waals surface area contributed by atoms with Crippen LogP contribution < -0.4 is 5.73 Å². The van der Waals surface area contributed by atoms with Crippen LogP contribution in [0.3, 0.4) is 0 Å². The summed E-state index contributed by atoms with van der Waals surface area (Å²) in [6.07, 6.45) is 4.26. The molecule has 1 heterocycles. The number of rotatable bonds is 3. The van der Waals surface area contributed by atoms with Crippen molar-refractivity contribution in [3.8, 4) is 6.07 Å². The van der Waals surface area contributed by atoms with E-state index in [1.807, 2.05) is 13.0 Å². The van der Waals surface area contributed by atoms with Gasteiger partial charge in [0.1, 0.15) is 5.84 Å². The Morgan fingerprint density at radius 1 is 1.69 bits per heavy atom. The van der Waals surface area contributed by atoms with Gasteiger partial charge in [-0.05, 0) is 37.8 Å². The van der Waals surface area contributed by atoms with Crippen molar-refractivity contribution in [2.75, 3.05) is 0 Å². The Balaban J connectivity index is 2.30. The van der Waals surface area contributed by atoms with E-state index in [0.29, 0.717) is 5.56 Å². The van der Waals surface area contributed by atoms with Crippen molar-refractivity contribution in [3.05, 3.63) is 29.1 Å². The fourth-order valence-corrected chi connectivity index (χ4v) is 1.75. The maximum atomic E-state index is 9.05. The number of amidine groups is 1. The Bertz CT molecular complexity index is 480. The predicted molar refractivity (Wildman–Crippen MR) is 61.0 cm³/mol. The van der Waals surface area contributed by atoms with E-state index >= 15 is 0 Å². The largest absolute Gasteiger partial charge is 0.384 e. The van der Waals surface area contributed by atoms with Gasteiger partial charge in [0.25, 0.3) is 0 Å². The van der Waals surface area contributed by atoms with E-state index in [4.69, 9.17) is 16.4 Å². The molecule has 0 unspecified atom stereocenters. The normalized spacial score (nSPS) is 16.5. The molecule has 0 atom stereocenters. The molecule has 3 N–H and O–H groups in total. The lowest BCUT2D eigenvalue weighted by Crippen LogP contribution is -2.13. The van der Waals surface area contributed by atoms with E-state index < -0.39 is 0 Å². The Morgan fingerprint density at radius 3 is 2.88 bits per heavy atom. The smallest absolute Gasteiger partial charge is 0.124 e. The van der Waals surface area contributed by atoms with Crippen molar-refractivity contribution >= 4 is 5.84 Å². The fourth-order valence-electron chi connectivity index (χ4n) is 1.75. The van der Waals surface area contributed by atoms with E-state index in [0.717, 1.165) is 30.5 Å². The van der Waals surface area contributed by atoms with Gasteiger partial charge in [-0.25, -0.2) is 0 Å². The summed E-state index contributed by atoms with van der Waals surface area (Å²) in [5, 5.41) is 16.4. The van der Waals surface area contributed by atoms with Crippen molar-refractivity contribution in [2.24, 2.45) is 11.1 Å². The van der Waals surface area contributed by atoms with Crippen molar-refractivity contribution < 1.29 is 0 Å². The van der Waals surface area contributed by atoms with Crippen LogP contribution in [-0.2, 0) is 6.42 Å². The quantitative estimate of drug-likeness (QED) is 0.590. The molecule has 1 aliphatic rings. The summed E-state index contributed by atoms with van der Waals surface area (Å²) < 4.78 is 0. The van der Waals surface area contributed by atoms with Crippen LogP contribution in [0, 0.1) is 29.1 Å². The predicted octanol–water partition coefficient (Wildman–Crippen LogP) is 1.52. The Hall–Kier alpha value is -1.89. The summed E-state index contributed by atoms with van der Waals surface area (Å²) in [5.74, 6) is 0.0237. The highest BCUT2D eigenvalue weighted by Crippen LogP contribution is 2.47. The number of hydrogen-bond acceptors (Lipinski definition) is 3. The zero-order valence-corrected chi connectivity index (χ0v) is 9.25. The number of nitrogen functional groups attached to an aromatic ring is 1. The lowest BCUT2D eigenvalue weighted by Gasteiger charge is -2.10. The van der Waals surface area contributed by atoms with Crippen LogP contribution in [0.5, 0.6) is 0 Å². The molecule has 0 saturated heterocycles. The van der Waals surface area contributed by atoms with Crippen molar-refractivity contribution in [1.29, 1.82) is 10.7 Å². The minimum Gasteiger partial charge on any atom is -0.384 e. The minimum absolute atomic E-state index is 0.0237. The number of hydrogen-bond donors (Lipinski definition) is 2. The fraction of sp³-hybridized carbons (Fsp3) is 0.417. The van der Waals surface area contributed by atoms with Gasteiger partial charge in [0.05, 0.1) is 11.5 Å². The average molecular weight is 214 g/mol. The lowest BCUT2D eigenvalue weighted by molar-refractivity contribution is 0.659. The van der Waals surface area contributed by atoms with Gasteiger partial charge in [0.15, 0.2) is 0 Å². The second-order valence-corrected chi connectivity index (χ2v) is 4.45. The molecule has 0 aromatic carbocycles. The number of nitrogens with two attached hydrogens (primary N) is 1. The molecule has 1 saturated carbocycles. The zero-order valence-electron chi connectivity index (χ0n) is 9.25. The first-order chi connectivity index (χ1) is 7.56. The van der Waals surface area contributed by atoms with Crippen LogP contribution in [-0.4, -0.2) is 10.8 Å². The first-order valence-electron chi connectivity index (χ1n) is 5.27. The number of pyridine rings is 1. The number of aryl methyl sites for hydroxylation is 1. The third-order valence-electron chi connectivity index (χ3n) is 3.12. The molecule has 4 nitrogen and oxygen atoms in total. The zero-order chi connectivity index (χ0) is 11.8. The average Bonchev–Trinajstić information content (AvgIpc) is 3.02. The monoisotopic (exact) mass is 214 g/mol. The molecule has 1 aromatic rings. The van der Waals surface area contributed by atoms with Gasteiger partial charge in [0.2, 0.25) is 0 Å². The maximum Gasteiger partial charge on any atom is 0.124 e. The molecular formula is C12H14N4. The highest BCUT2D eigenvalue weighted by atomic mass is 14.7. The standard InChI is InChI=1S/C12H14N4/c1-8-9(5-12(7-13)2-3-12)4-10(6-16-8)11(14)15/h4,6H,2-3,5H2,1H3,(H3,14,15). The summed E-state index contributed by atoms with van der Waals surface area (Å²) in [4.78, 5) is 4.22. The lowest BCUT2D eigenvalue weighted by atomic mass is 9.96. The molecule has 0 radical (unpaired) electrons. The Morgan fingerprint density at radius 2 is 2.38 bits per heavy atom. The van der Waals surface area contributed by atoms with Crippen LogP contribution in [0.1, 0.15) is 29.7 Å². The SMILES string of the molecule is Cc1ncc(C(=N)N)cc1CC1(C#N)CC1. The van der Waals surface area contributed by atoms with Gasteiger partial charge in [-0.1, -0.05) is 0 Å². The van der Waals surface area contributed by atoms with Crippen molar-refractivity contribution in [1.82, 2.24) is 4.98 Å². The summed E-state index contributed by atoms with van der Waals surface area (Å²) in [5.41, 5.74) is 7.83. The third kappa shape index (κ3) is 1.89. The third-order valence-corrected chi connectivity index (χ3v) is 3.12. The summed E-state index contributed by atoms with van der Waals surface area (Å²) in [6, 6.07) is 4.24. The molecule has 0 amide bonds. The topological polar surface area (TPSA) is 86.6 Å². The maximum absolute atomic E-state index is 9.05. The molecule has 16 heavy (non-hydrogen) atoms. The van der Waals surface area contributed by atoms with Crippen LogP contribution in [0.2, 0.25) is 0 Å². The van der Waals surface area contributed by atoms with Crippen LogP contribution >= 0.6 is 0 Å². The van der Waals surface area contributed by atoms with Gasteiger partial charge < -0.3 is 5.73 Å². The summed E-state index contributed by atoms with van der Waals surface area (Å²) in [7, 11) is 0. The van der Waals surface area contributed by atoms with Crippen LogP contribution in [0.25, 0.3) is 0 Å². The Labute approximate surface area is 94.6 Å². The highest BCUT2D eigenvalue weighted by Gasteiger charge is 2.43. The van der Waals surface area contributed by atoms with E-state index in [-0.39, 0.29) is 11.3 Å². The molecule has 1 aliphatic carbocycles. The molecule has 0 aliphatic heterocycles. The van der Waals surface area contributed by atoms with Gasteiger partial charge in [-0.15, -0.1) is 0 Å². The summed E-state index contributed by atoms with van der Waals surface area (Å²) >= 11 is 0. The molecule has 2 rings (SSSR count). The molecule has 82 valence electrons. The van der Waals surface area contributed by atoms with Crippen LogP contribution in [0.15, 0.2) is 12.3 Å². The van der Waals surface area contributed by atoms with Gasteiger partial charge in [0, 0.05) is 17.5 Å². The second-order valence-electron chi connectivity index (χ2n) is 4.45. The number of nitrogens with zero attached hydrogens (tertiary/aromatic N) is 2. The first kappa shape index (κ1) is 10.6. The van der Waals surface area contributed by atoms with E-state index in [1.165, 1.54) is 0 Å². The van der Waals surface area contributed by atoms with E-state index in [1.54, 1.807) is 6.20 Å². The van der Waals surface area contributed by atoms with Gasteiger partial charge in [-0.3, -0.25) is 10.4 Å². The number of aromatic nitrogens is 1. The number of nitriles is 1. The molecule has 4 heteroatoms. The minimum atomic E-state index is -0.179. The van der Waals surface area contributed by atoms with Gasteiger partial charge >= 0.3 is 0 Å². The highest BCUT2D eigenvalue weighted by molar-refractivity contribution is 5.94. The molecule has 0 bridgehead atoms. The molecule has 0 spiro atoms. The molecule has 1 fully saturated rings. The Kier molecular flexibility index (Phi) is 2.39. The van der Waals surface area contributed by atoms with Crippen molar-refractivity contribution in [3.63, 3.8) is 0 Å². The summed E-state index contributed by atoms with van der Waals surface area (Å²) in [6.45, 7) is 1.92. The second kappa shape index (κ2) is 3.60. The molecule has 1 aromatic heterocycles. The van der Waals surface area contributed by atoms with E-state index in [2.05, 4.69) is 11.1 Å². The van der Waals surface area contributed by atoms with E-state index in [9.17, 15) is 0 Å². The van der Waals surface area contributed by atoms with Gasteiger partial charge in [-0.2, -0.15) is 5.26 Å².